The van der Waals surface area contributed by atoms with Gasteiger partial charge in [-0.3, -0.25) is 0 Å². The van der Waals surface area contributed by atoms with E-state index < -0.39 is 11.4 Å². The Morgan fingerprint density at radius 2 is 1.93 bits per heavy atom. The monoisotopic (exact) mass is 231 g/mol. The van der Waals surface area contributed by atoms with E-state index in [2.05, 4.69) is 18.2 Å². The Balaban J connectivity index is 4.09. The van der Waals surface area contributed by atoms with E-state index in [4.69, 9.17) is 0 Å². The zero-order valence-corrected chi connectivity index (χ0v) is 11.8. The number of rotatable bonds is 5. The van der Waals surface area contributed by atoms with Crippen molar-refractivity contribution in [2.24, 2.45) is 10.3 Å². The van der Waals surface area contributed by atoms with Crippen LogP contribution >= 0.6 is 0 Å². The Morgan fingerprint density at radius 3 is 2.33 bits per heavy atom. The lowest BCUT2D eigenvalue weighted by Gasteiger charge is -2.19. The summed E-state index contributed by atoms with van der Waals surface area (Å²) in [5.74, 6) is 0.734. The molecule has 2 nitrogen and oxygen atoms in total. The Morgan fingerprint density at radius 1 is 1.40 bits per heavy atom. The molecule has 0 unspecified atom stereocenters. The Labute approximate surface area is 97.9 Å². The SMILES string of the molecule is CC[C@@H](C)CC/C(C)=N/[S@@+]([O-])C(C)(C)C. The van der Waals surface area contributed by atoms with E-state index in [9.17, 15) is 4.55 Å². The third-order valence-electron chi connectivity index (χ3n) is 2.46. The van der Waals surface area contributed by atoms with Gasteiger partial charge in [-0.05, 0) is 46.5 Å². The topological polar surface area (TPSA) is 35.4 Å². The number of hydrogen-bond acceptors (Lipinski definition) is 2. The molecule has 0 aliphatic heterocycles. The highest BCUT2D eigenvalue weighted by atomic mass is 32.2. The molecule has 15 heavy (non-hydrogen) atoms. The summed E-state index contributed by atoms with van der Waals surface area (Å²) in [5, 5.41) is 0. The standard InChI is InChI=1S/C12H25NOS/c1-7-10(2)8-9-11(3)13-15(14)12(4,5)6/h10H,7-9H2,1-6H3/b13-11+/t10-,15+/m1/s1. The second-order valence-electron chi connectivity index (χ2n) is 5.24. The van der Waals surface area contributed by atoms with Crippen molar-refractivity contribution in [3.63, 3.8) is 0 Å². The van der Waals surface area contributed by atoms with Crippen LogP contribution in [0.1, 0.15) is 60.8 Å². The van der Waals surface area contributed by atoms with Crippen LogP contribution in [0.4, 0.5) is 0 Å². The van der Waals surface area contributed by atoms with E-state index in [1.165, 1.54) is 6.42 Å². The molecule has 3 heteroatoms. The molecule has 0 spiro atoms. The van der Waals surface area contributed by atoms with Crippen molar-refractivity contribution in [2.75, 3.05) is 0 Å². The van der Waals surface area contributed by atoms with Crippen molar-refractivity contribution >= 4 is 17.1 Å². The Kier molecular flexibility index (Phi) is 6.53. The molecule has 90 valence electrons. The van der Waals surface area contributed by atoms with Crippen LogP contribution in [0.2, 0.25) is 0 Å². The fourth-order valence-corrected chi connectivity index (χ4v) is 1.63. The lowest BCUT2D eigenvalue weighted by molar-refractivity contribution is 0.527. The molecule has 0 rings (SSSR count). The molecule has 2 atom stereocenters. The van der Waals surface area contributed by atoms with Gasteiger partial charge < -0.3 is 4.55 Å². The first-order chi connectivity index (χ1) is 6.77. The summed E-state index contributed by atoms with van der Waals surface area (Å²) in [4.78, 5) is 0. The molecule has 0 aromatic heterocycles. The summed E-state index contributed by atoms with van der Waals surface area (Å²) in [6.45, 7) is 12.3. The van der Waals surface area contributed by atoms with Crippen LogP contribution in [0.25, 0.3) is 0 Å². The molecule has 0 heterocycles. The summed E-state index contributed by atoms with van der Waals surface area (Å²) < 4.78 is 15.7. The van der Waals surface area contributed by atoms with Crippen LogP contribution in [0.3, 0.4) is 0 Å². The van der Waals surface area contributed by atoms with Gasteiger partial charge >= 0.3 is 0 Å². The van der Waals surface area contributed by atoms with Crippen molar-refractivity contribution in [3.8, 4) is 0 Å². The highest BCUT2D eigenvalue weighted by Crippen LogP contribution is 2.18. The molecule has 0 bridgehead atoms. The van der Waals surface area contributed by atoms with Crippen molar-refractivity contribution in [1.82, 2.24) is 0 Å². The van der Waals surface area contributed by atoms with E-state index >= 15 is 0 Å². The quantitative estimate of drug-likeness (QED) is 0.524. The van der Waals surface area contributed by atoms with Crippen LogP contribution in [0.5, 0.6) is 0 Å². The van der Waals surface area contributed by atoms with Gasteiger partial charge in [0.1, 0.15) is 16.1 Å². The maximum Gasteiger partial charge on any atom is 0.144 e. The smallest absolute Gasteiger partial charge is 0.144 e. The van der Waals surface area contributed by atoms with Crippen LogP contribution in [0.15, 0.2) is 4.40 Å². The molecule has 0 aliphatic rings. The van der Waals surface area contributed by atoms with E-state index in [1.54, 1.807) is 0 Å². The lowest BCUT2D eigenvalue weighted by Crippen LogP contribution is -2.26. The van der Waals surface area contributed by atoms with Gasteiger partial charge in [-0.25, -0.2) is 0 Å². The average molecular weight is 231 g/mol. The fourth-order valence-electron chi connectivity index (χ4n) is 0.984. The van der Waals surface area contributed by atoms with Crippen LogP contribution in [-0.4, -0.2) is 15.0 Å². The van der Waals surface area contributed by atoms with Crippen molar-refractivity contribution in [2.45, 2.75) is 65.6 Å². The zero-order chi connectivity index (χ0) is 12.1. The minimum absolute atomic E-state index is 0.238. The van der Waals surface area contributed by atoms with E-state index in [-0.39, 0.29) is 4.75 Å². The highest BCUT2D eigenvalue weighted by Gasteiger charge is 2.26. The Bertz CT molecular complexity index is 208. The molecule has 0 amide bonds. The third kappa shape index (κ3) is 6.96. The van der Waals surface area contributed by atoms with Crippen LogP contribution < -0.4 is 0 Å². The van der Waals surface area contributed by atoms with Crippen molar-refractivity contribution < 1.29 is 4.55 Å². The van der Waals surface area contributed by atoms with Gasteiger partial charge in [0.15, 0.2) is 0 Å². The predicted octanol–water partition coefficient (Wildman–Crippen LogP) is 3.74. The van der Waals surface area contributed by atoms with Crippen molar-refractivity contribution in [3.05, 3.63) is 0 Å². The predicted molar refractivity (Wildman–Crippen MR) is 69.7 cm³/mol. The highest BCUT2D eigenvalue weighted by molar-refractivity contribution is 7.91. The van der Waals surface area contributed by atoms with Gasteiger partial charge in [0.2, 0.25) is 0 Å². The first-order valence-corrected chi connectivity index (χ1v) is 6.84. The minimum atomic E-state index is -1.10. The largest absolute Gasteiger partial charge is 0.591 e. The summed E-state index contributed by atoms with van der Waals surface area (Å²) in [7, 11) is 0. The molecule has 0 saturated carbocycles. The van der Waals surface area contributed by atoms with Crippen LogP contribution in [0, 0.1) is 5.92 Å². The molecule has 0 fully saturated rings. The minimum Gasteiger partial charge on any atom is -0.591 e. The van der Waals surface area contributed by atoms with Gasteiger partial charge in [0.25, 0.3) is 0 Å². The average Bonchev–Trinajstić information content (AvgIpc) is 2.12. The molecule has 0 radical (unpaired) electrons. The van der Waals surface area contributed by atoms with Gasteiger partial charge in [0.05, 0.1) is 5.71 Å². The second-order valence-corrected chi connectivity index (χ2v) is 7.15. The van der Waals surface area contributed by atoms with E-state index in [0.717, 1.165) is 24.5 Å². The maximum absolute atomic E-state index is 11.7. The molecule has 0 aromatic rings. The van der Waals surface area contributed by atoms with Crippen LogP contribution in [-0.2, 0) is 11.4 Å². The molecular formula is C12H25NOS. The van der Waals surface area contributed by atoms with E-state index in [1.807, 2.05) is 27.7 Å². The first-order valence-electron chi connectivity index (χ1n) is 5.73. The molecular weight excluding hydrogens is 206 g/mol. The summed E-state index contributed by atoms with van der Waals surface area (Å²) in [6.07, 6.45) is 3.32. The number of nitrogens with zero attached hydrogens (tertiary/aromatic N) is 1. The molecule has 0 aliphatic carbocycles. The lowest BCUT2D eigenvalue weighted by atomic mass is 10.0. The summed E-state index contributed by atoms with van der Waals surface area (Å²) in [6, 6.07) is 0. The number of hydrogen-bond donors (Lipinski definition) is 0. The second kappa shape index (κ2) is 6.54. The first kappa shape index (κ1) is 15.0. The van der Waals surface area contributed by atoms with Gasteiger partial charge in [-0.15, -0.1) is 0 Å². The Hall–Kier alpha value is -0.0200. The normalized spacial score (nSPS) is 17.7. The zero-order valence-electron chi connectivity index (χ0n) is 11.0. The molecule has 0 saturated heterocycles. The maximum atomic E-state index is 11.7. The van der Waals surface area contributed by atoms with Crippen molar-refractivity contribution in [1.29, 1.82) is 0 Å². The van der Waals surface area contributed by atoms with Gasteiger partial charge in [0, 0.05) is 0 Å². The third-order valence-corrected chi connectivity index (χ3v) is 3.98. The fraction of sp³-hybridized carbons (Fsp3) is 0.917. The van der Waals surface area contributed by atoms with E-state index in [0.29, 0.717) is 0 Å². The molecule has 0 aromatic carbocycles. The van der Waals surface area contributed by atoms with Gasteiger partial charge in [-0.1, -0.05) is 24.7 Å². The van der Waals surface area contributed by atoms with Gasteiger partial charge in [-0.2, -0.15) is 0 Å². The summed E-state index contributed by atoms with van der Waals surface area (Å²) in [5.41, 5.74) is 1.02. The molecule has 0 N–H and O–H groups in total. The summed E-state index contributed by atoms with van der Waals surface area (Å²) >= 11 is -1.10.